The first-order valence-corrected chi connectivity index (χ1v) is 7.01. The van der Waals surface area contributed by atoms with Gasteiger partial charge in [-0.3, -0.25) is 0 Å². The number of carboxylic acids is 1. The zero-order valence-corrected chi connectivity index (χ0v) is 10.7. The number of hydrogen-bond acceptors (Lipinski definition) is 3. The van der Waals surface area contributed by atoms with Crippen LogP contribution in [0.2, 0.25) is 5.32 Å². The topological polar surface area (TPSA) is 86.6 Å². The number of hydrogen-bond donors (Lipinski definition) is 3. The molecule has 3 N–H and O–H groups in total. The van der Waals surface area contributed by atoms with Crippen molar-refractivity contribution in [2.45, 2.75) is 11.4 Å². The van der Waals surface area contributed by atoms with Gasteiger partial charge in [-0.25, -0.2) is 0 Å². The van der Waals surface area contributed by atoms with Crippen LogP contribution in [-0.2, 0) is 9.59 Å². The first kappa shape index (κ1) is 13.7. The van der Waals surface area contributed by atoms with Gasteiger partial charge in [0.15, 0.2) is 0 Å². The molecule has 0 aromatic heterocycles. The van der Waals surface area contributed by atoms with Crippen molar-refractivity contribution in [2.75, 3.05) is 6.61 Å². The molecule has 17 heavy (non-hydrogen) atoms. The van der Waals surface area contributed by atoms with Crippen molar-refractivity contribution in [3.05, 3.63) is 30.3 Å². The third-order valence-corrected chi connectivity index (χ3v) is 4.05. The Hall–Kier alpha value is -1.36. The Morgan fingerprint density at radius 1 is 1.29 bits per heavy atom. The number of carboxylic acid groups (broad SMARTS) is 1. The summed E-state index contributed by atoms with van der Waals surface area (Å²) < 4.78 is 1.08. The average Bonchev–Trinajstić information content (AvgIpc) is 2.34. The number of benzene rings is 1. The molecule has 1 atom stereocenters. The Bertz CT molecular complexity index is 382. The Labute approximate surface area is 105 Å². The number of aliphatic carboxylic acids is 1. The van der Waals surface area contributed by atoms with E-state index in [1.165, 1.54) is 0 Å². The van der Waals surface area contributed by atoms with Gasteiger partial charge in [-0.05, 0) is 0 Å². The summed E-state index contributed by atoms with van der Waals surface area (Å²) in [7, 11) is 0. The third kappa shape index (κ3) is 4.99. The van der Waals surface area contributed by atoms with Crippen molar-refractivity contribution in [3.8, 4) is 0 Å². The van der Waals surface area contributed by atoms with Gasteiger partial charge in [0.2, 0.25) is 0 Å². The number of rotatable bonds is 6. The molecule has 0 unspecified atom stereocenters. The standard InChI is InChI=1S/C11H13NO4Se/c13-6-9(11(15)16)12-10(14)7-17-8-4-2-1-3-5-8/h1-5,9,13H,6-7H2,(H,12,14)(H,15,16)/t9-/m0/s1. The maximum absolute atomic E-state index is 11.4. The Morgan fingerprint density at radius 3 is 2.47 bits per heavy atom. The SMILES string of the molecule is O=C(C[Se]c1ccccc1)N[C@@H](CO)C(=O)O. The van der Waals surface area contributed by atoms with Crippen molar-refractivity contribution in [2.24, 2.45) is 0 Å². The van der Waals surface area contributed by atoms with Gasteiger partial charge in [0.05, 0.1) is 0 Å². The molecule has 0 saturated carbocycles. The van der Waals surface area contributed by atoms with Crippen LogP contribution in [0.15, 0.2) is 30.3 Å². The van der Waals surface area contributed by atoms with Gasteiger partial charge in [0.25, 0.3) is 0 Å². The summed E-state index contributed by atoms with van der Waals surface area (Å²) in [6.07, 6.45) is 0. The van der Waals surface area contributed by atoms with Crippen LogP contribution in [0.25, 0.3) is 0 Å². The van der Waals surface area contributed by atoms with Crippen LogP contribution in [0.1, 0.15) is 0 Å². The molecule has 0 bridgehead atoms. The van der Waals surface area contributed by atoms with Crippen LogP contribution in [0.3, 0.4) is 0 Å². The first-order valence-electron chi connectivity index (χ1n) is 4.94. The number of amides is 1. The van der Waals surface area contributed by atoms with Gasteiger partial charge >= 0.3 is 105 Å². The van der Waals surface area contributed by atoms with Crippen LogP contribution in [0, 0.1) is 0 Å². The summed E-state index contributed by atoms with van der Waals surface area (Å²) in [4.78, 5) is 22.0. The molecule has 0 spiro atoms. The van der Waals surface area contributed by atoms with Crippen LogP contribution >= 0.6 is 0 Å². The van der Waals surface area contributed by atoms with Crippen molar-refractivity contribution in [1.29, 1.82) is 0 Å². The summed E-state index contributed by atoms with van der Waals surface area (Å²) in [6.45, 7) is -0.598. The monoisotopic (exact) mass is 303 g/mol. The fourth-order valence-electron chi connectivity index (χ4n) is 1.09. The predicted molar refractivity (Wildman–Crippen MR) is 63.3 cm³/mol. The zero-order chi connectivity index (χ0) is 12.7. The summed E-state index contributed by atoms with van der Waals surface area (Å²) in [6, 6.07) is 8.31. The third-order valence-electron chi connectivity index (χ3n) is 1.93. The molecular weight excluding hydrogens is 289 g/mol. The van der Waals surface area contributed by atoms with Gasteiger partial charge in [0.1, 0.15) is 0 Å². The van der Waals surface area contributed by atoms with E-state index in [0.29, 0.717) is 0 Å². The normalized spacial score (nSPS) is 11.8. The molecule has 0 saturated heterocycles. The second-order valence-corrected chi connectivity index (χ2v) is 5.44. The molecule has 1 rings (SSSR count). The number of carbonyl (C=O) groups is 2. The zero-order valence-electron chi connectivity index (χ0n) is 9.00. The summed E-state index contributed by atoms with van der Waals surface area (Å²) in [5, 5.41) is 19.9. The molecule has 0 radical (unpaired) electrons. The van der Waals surface area contributed by atoms with Gasteiger partial charge in [0, 0.05) is 0 Å². The number of aliphatic hydroxyl groups excluding tert-OH is 1. The van der Waals surface area contributed by atoms with Crippen LogP contribution in [-0.4, -0.2) is 49.7 Å². The Morgan fingerprint density at radius 2 is 1.94 bits per heavy atom. The van der Waals surface area contributed by atoms with E-state index < -0.39 is 18.6 Å². The second-order valence-electron chi connectivity index (χ2n) is 3.24. The Kier molecular flexibility index (Phi) is 5.69. The van der Waals surface area contributed by atoms with E-state index in [1.807, 2.05) is 30.3 Å². The maximum atomic E-state index is 11.4. The average molecular weight is 302 g/mol. The molecule has 0 fully saturated rings. The van der Waals surface area contributed by atoms with Gasteiger partial charge in [-0.2, -0.15) is 0 Å². The van der Waals surface area contributed by atoms with E-state index in [1.54, 1.807) is 0 Å². The van der Waals surface area contributed by atoms with Crippen molar-refractivity contribution in [1.82, 2.24) is 5.32 Å². The molecule has 0 aliphatic heterocycles. The van der Waals surface area contributed by atoms with Gasteiger partial charge in [-0.15, -0.1) is 0 Å². The quantitative estimate of drug-likeness (QED) is 0.588. The minimum absolute atomic E-state index is 0.0240. The van der Waals surface area contributed by atoms with E-state index in [2.05, 4.69) is 5.32 Å². The summed E-state index contributed by atoms with van der Waals surface area (Å²) >= 11 is -0.0240. The van der Waals surface area contributed by atoms with Gasteiger partial charge < -0.3 is 0 Å². The number of carbonyl (C=O) groups excluding carboxylic acids is 1. The number of aliphatic hydroxyl groups is 1. The van der Waals surface area contributed by atoms with E-state index in [0.717, 1.165) is 4.46 Å². The molecule has 0 aliphatic carbocycles. The molecule has 1 aromatic carbocycles. The Balaban J connectivity index is 2.37. The van der Waals surface area contributed by atoms with Crippen LogP contribution < -0.4 is 9.78 Å². The van der Waals surface area contributed by atoms with E-state index >= 15 is 0 Å². The molecule has 0 aliphatic rings. The molecular formula is C11H13NO4Se. The van der Waals surface area contributed by atoms with Crippen molar-refractivity contribution >= 4 is 31.3 Å². The second kappa shape index (κ2) is 7.06. The molecule has 1 amide bonds. The van der Waals surface area contributed by atoms with Gasteiger partial charge in [-0.1, -0.05) is 0 Å². The number of nitrogens with one attached hydrogen (secondary N) is 1. The van der Waals surface area contributed by atoms with Crippen molar-refractivity contribution in [3.63, 3.8) is 0 Å². The molecule has 6 heteroatoms. The van der Waals surface area contributed by atoms with E-state index in [4.69, 9.17) is 10.2 Å². The fraction of sp³-hybridized carbons (Fsp3) is 0.273. The first-order chi connectivity index (χ1) is 8.13. The summed E-state index contributed by atoms with van der Waals surface area (Å²) in [5.41, 5.74) is 0. The fourth-order valence-corrected chi connectivity index (χ4v) is 2.62. The van der Waals surface area contributed by atoms with Crippen molar-refractivity contribution < 1.29 is 19.8 Å². The molecule has 5 nitrogen and oxygen atoms in total. The van der Waals surface area contributed by atoms with E-state index in [-0.39, 0.29) is 26.2 Å². The minimum atomic E-state index is -1.23. The van der Waals surface area contributed by atoms with Crippen LogP contribution in [0.5, 0.6) is 0 Å². The molecule has 0 heterocycles. The summed E-state index contributed by atoms with van der Waals surface area (Å²) in [5.74, 6) is -1.58. The van der Waals surface area contributed by atoms with Crippen LogP contribution in [0.4, 0.5) is 0 Å². The molecule has 92 valence electrons. The van der Waals surface area contributed by atoms with E-state index in [9.17, 15) is 9.59 Å². The predicted octanol–water partition coefficient (Wildman–Crippen LogP) is -1.00. The molecule has 1 aromatic rings.